The Bertz CT molecular complexity index is 1380. The third-order valence-corrected chi connectivity index (χ3v) is 5.62. The number of benzene rings is 3. The number of hydrogen-bond acceptors (Lipinski definition) is 6. The summed E-state index contributed by atoms with van der Waals surface area (Å²) in [4.78, 5) is 13.4. The van der Waals surface area contributed by atoms with E-state index < -0.39 is 23.6 Å². The zero-order valence-corrected chi connectivity index (χ0v) is 23.0. The maximum atomic E-state index is 14.1. The molecule has 10 heteroatoms. The third kappa shape index (κ3) is 7.01. The van der Waals surface area contributed by atoms with Crippen LogP contribution >= 0.6 is 0 Å². The first-order valence-corrected chi connectivity index (χ1v) is 11.0. The Kier molecular flexibility index (Phi) is 10.8. The minimum absolute atomic E-state index is 0. The van der Waals surface area contributed by atoms with E-state index in [9.17, 15) is 18.1 Å². The van der Waals surface area contributed by atoms with Gasteiger partial charge in [-0.25, -0.2) is 13.6 Å². The van der Waals surface area contributed by atoms with Crippen molar-refractivity contribution in [2.75, 3.05) is 6.54 Å². The Hall–Kier alpha value is -2.65. The SMILES string of the molecule is N#Cc1coc2c(-c3ccc(OCc4c[c-]ccc4)cc3)cc(F)c(F)c12.O=C(OF)C1CCCN1.[K+]. The molecule has 184 valence electrons. The fourth-order valence-corrected chi connectivity index (χ4v) is 3.80. The summed E-state index contributed by atoms with van der Waals surface area (Å²) >= 11 is 0. The molecule has 5 rings (SSSR count). The first kappa shape index (κ1) is 28.9. The normalized spacial score (nSPS) is 14.2. The molecule has 0 bridgehead atoms. The van der Waals surface area contributed by atoms with Gasteiger partial charge in [-0.1, -0.05) is 12.1 Å². The molecule has 0 amide bonds. The second-order valence-corrected chi connectivity index (χ2v) is 7.96. The van der Waals surface area contributed by atoms with Gasteiger partial charge in [0.1, 0.15) is 35.3 Å². The first-order valence-electron chi connectivity index (χ1n) is 11.0. The maximum Gasteiger partial charge on any atom is 1.00 e. The van der Waals surface area contributed by atoms with Gasteiger partial charge < -0.3 is 14.5 Å². The Morgan fingerprint density at radius 1 is 1.24 bits per heavy atom. The van der Waals surface area contributed by atoms with E-state index in [4.69, 9.17) is 14.4 Å². The first-order chi connectivity index (χ1) is 17.5. The molecule has 4 aromatic rings. The quantitative estimate of drug-likeness (QED) is 0.315. The largest absolute Gasteiger partial charge is 1.00 e. The molecule has 1 saturated heterocycles. The van der Waals surface area contributed by atoms with E-state index in [1.165, 1.54) is 0 Å². The van der Waals surface area contributed by atoms with E-state index in [-0.39, 0.29) is 67.9 Å². The molecule has 1 atom stereocenters. The van der Waals surface area contributed by atoms with Crippen LogP contribution in [0, 0.1) is 29.0 Å². The van der Waals surface area contributed by atoms with Gasteiger partial charge in [0.15, 0.2) is 11.6 Å². The predicted octanol–water partition coefficient (Wildman–Crippen LogP) is 2.80. The van der Waals surface area contributed by atoms with Gasteiger partial charge in [0, 0.05) is 10.1 Å². The summed E-state index contributed by atoms with van der Waals surface area (Å²) in [6, 6.07) is 19.9. The second-order valence-electron chi connectivity index (χ2n) is 7.96. The molecule has 0 spiro atoms. The van der Waals surface area contributed by atoms with Crippen LogP contribution in [0.2, 0.25) is 0 Å². The zero-order chi connectivity index (χ0) is 25.5. The van der Waals surface area contributed by atoms with E-state index in [0.717, 1.165) is 30.9 Å². The van der Waals surface area contributed by atoms with E-state index in [0.29, 0.717) is 29.9 Å². The number of nitrogens with one attached hydrogen (secondary N) is 1. The van der Waals surface area contributed by atoms with Crippen molar-refractivity contribution in [3.05, 3.63) is 89.7 Å². The van der Waals surface area contributed by atoms with E-state index in [1.807, 2.05) is 30.3 Å². The van der Waals surface area contributed by atoms with Crippen LogP contribution in [0.5, 0.6) is 5.75 Å². The summed E-state index contributed by atoms with van der Waals surface area (Å²) in [5.74, 6) is -2.28. The molecule has 0 radical (unpaired) electrons. The number of fused-ring (bicyclic) bond motifs is 1. The van der Waals surface area contributed by atoms with Gasteiger partial charge in [-0.05, 0) is 43.1 Å². The van der Waals surface area contributed by atoms with Crippen molar-refractivity contribution in [3.8, 4) is 22.9 Å². The summed E-state index contributed by atoms with van der Waals surface area (Å²) in [5.41, 5.74) is 2.08. The van der Waals surface area contributed by atoms with Crippen LogP contribution in [-0.4, -0.2) is 18.6 Å². The van der Waals surface area contributed by atoms with Crippen molar-refractivity contribution < 1.29 is 83.6 Å². The smallest absolute Gasteiger partial charge is 0.501 e. The van der Waals surface area contributed by atoms with Gasteiger partial charge in [-0.15, -0.1) is 5.56 Å². The number of nitrogens with zero attached hydrogens (tertiary/aromatic N) is 1. The Balaban J connectivity index is 0.000000324. The molecule has 1 fully saturated rings. The molecule has 2 heterocycles. The number of hydrogen-bond donors (Lipinski definition) is 1. The summed E-state index contributed by atoms with van der Waals surface area (Å²) in [6.45, 7) is 1.18. The number of carbonyl (C=O) groups excluding carboxylic acids is 1. The van der Waals surface area contributed by atoms with Crippen LogP contribution in [0.3, 0.4) is 0 Å². The number of ether oxygens (including phenoxy) is 1. The fourth-order valence-electron chi connectivity index (χ4n) is 3.80. The van der Waals surface area contributed by atoms with Crippen LogP contribution in [0.15, 0.2) is 65.3 Å². The standard InChI is InChI=1S/C22H12F2NO2.C5H8FNO2.K/c23-19-10-18(22-20(21(19)24)16(11-25)13-27-22)15-6-8-17(9-7-15)26-12-14-4-2-1-3-5-14;6-9-5(8)4-2-1-3-7-4;/h1-2,4-10,13H,12H2;4,7H,1-3H2;/q-1;;+1. The average Bonchev–Trinajstić information content (AvgIpc) is 3.61. The molecular weight excluding hydrogens is 512 g/mol. The van der Waals surface area contributed by atoms with Crippen molar-refractivity contribution in [2.24, 2.45) is 0 Å². The molecule has 1 aliphatic heterocycles. The minimum atomic E-state index is -1.08. The summed E-state index contributed by atoms with van der Waals surface area (Å²) < 4.78 is 50.3. The third-order valence-electron chi connectivity index (χ3n) is 5.62. The minimum Gasteiger partial charge on any atom is -0.501 e. The number of furan rings is 1. The van der Waals surface area contributed by atoms with Crippen LogP contribution in [-0.2, 0) is 16.3 Å². The number of halogens is 3. The van der Waals surface area contributed by atoms with Gasteiger partial charge >= 0.3 is 57.4 Å². The molecule has 37 heavy (non-hydrogen) atoms. The van der Waals surface area contributed by atoms with E-state index in [1.54, 1.807) is 24.3 Å². The summed E-state index contributed by atoms with van der Waals surface area (Å²) in [5, 5.41) is 11.7. The van der Waals surface area contributed by atoms with Crippen molar-refractivity contribution >= 4 is 16.9 Å². The van der Waals surface area contributed by atoms with Crippen molar-refractivity contribution in [1.82, 2.24) is 5.32 Å². The average molecular weight is 533 g/mol. The van der Waals surface area contributed by atoms with Crippen LogP contribution < -0.4 is 61.4 Å². The molecule has 6 nitrogen and oxygen atoms in total. The van der Waals surface area contributed by atoms with Crippen molar-refractivity contribution in [3.63, 3.8) is 0 Å². The van der Waals surface area contributed by atoms with Crippen molar-refractivity contribution in [2.45, 2.75) is 25.5 Å². The maximum absolute atomic E-state index is 14.1. The monoisotopic (exact) mass is 532 g/mol. The van der Waals surface area contributed by atoms with Crippen LogP contribution in [0.4, 0.5) is 13.3 Å². The molecule has 3 aromatic carbocycles. The second kappa shape index (κ2) is 13.8. The zero-order valence-electron chi connectivity index (χ0n) is 19.9. The molecule has 1 aromatic heterocycles. The van der Waals surface area contributed by atoms with Crippen LogP contribution in [0.25, 0.3) is 22.1 Å². The molecule has 1 N–H and O–H groups in total. The number of rotatable bonds is 5. The van der Waals surface area contributed by atoms with Gasteiger partial charge in [0.05, 0.1) is 12.0 Å². The fraction of sp³-hybridized carbons (Fsp3) is 0.185. The molecule has 0 saturated carbocycles. The van der Waals surface area contributed by atoms with Gasteiger partial charge in [-0.2, -0.15) is 35.6 Å². The Morgan fingerprint density at radius 3 is 2.65 bits per heavy atom. The van der Waals surface area contributed by atoms with Gasteiger partial charge in [-0.3, -0.25) is 4.94 Å². The van der Waals surface area contributed by atoms with Gasteiger partial charge in [0.2, 0.25) is 0 Å². The van der Waals surface area contributed by atoms with Gasteiger partial charge in [0.25, 0.3) is 0 Å². The predicted molar refractivity (Wildman–Crippen MR) is 124 cm³/mol. The van der Waals surface area contributed by atoms with E-state index >= 15 is 0 Å². The van der Waals surface area contributed by atoms with E-state index in [2.05, 4.69) is 16.3 Å². The van der Waals surface area contributed by atoms with Crippen LogP contribution in [0.1, 0.15) is 24.0 Å². The Labute approximate surface area is 253 Å². The number of nitriles is 1. The summed E-state index contributed by atoms with van der Waals surface area (Å²) in [6.07, 6.45) is 2.73. The topological polar surface area (TPSA) is 84.5 Å². The molecule has 0 aliphatic carbocycles. The summed E-state index contributed by atoms with van der Waals surface area (Å²) in [7, 11) is 0. The molecule has 1 unspecified atom stereocenters. The number of carbonyl (C=O) groups is 1. The molecule has 1 aliphatic rings. The molecular formula is C27H20F3KN2O4. The Morgan fingerprint density at radius 2 is 2.03 bits per heavy atom. The van der Waals surface area contributed by atoms with Crippen molar-refractivity contribution in [1.29, 1.82) is 5.26 Å².